The third-order valence-electron chi connectivity index (χ3n) is 3.65. The summed E-state index contributed by atoms with van der Waals surface area (Å²) >= 11 is 6.32. The number of morpholine rings is 1. The van der Waals surface area contributed by atoms with Crippen LogP contribution in [0.15, 0.2) is 12.1 Å². The van der Waals surface area contributed by atoms with Gasteiger partial charge in [-0.2, -0.15) is 0 Å². The van der Waals surface area contributed by atoms with Gasteiger partial charge >= 0.3 is 0 Å². The minimum atomic E-state index is 0.870. The second kappa shape index (κ2) is 6.55. The molecule has 1 fully saturated rings. The van der Waals surface area contributed by atoms with Gasteiger partial charge in [0.2, 0.25) is 0 Å². The lowest BCUT2D eigenvalue weighted by Crippen LogP contribution is -2.37. The number of hydrogen-bond donors (Lipinski definition) is 0. The van der Waals surface area contributed by atoms with Crippen molar-refractivity contribution in [3.8, 4) is 0 Å². The van der Waals surface area contributed by atoms with E-state index in [-0.39, 0.29) is 0 Å². The number of nitrogens with zero attached hydrogens (tertiary/aromatic N) is 1. The third kappa shape index (κ3) is 3.47. The van der Waals surface area contributed by atoms with Crippen molar-refractivity contribution in [3.05, 3.63) is 33.8 Å². The minimum Gasteiger partial charge on any atom is -0.379 e. The number of benzene rings is 1. The smallest absolute Gasteiger partial charge is 0.0594 e. The van der Waals surface area contributed by atoms with Crippen molar-refractivity contribution in [2.75, 3.05) is 32.8 Å². The molecule has 0 amide bonds. The van der Waals surface area contributed by atoms with Crippen LogP contribution < -0.4 is 0 Å². The molecule has 0 spiro atoms. The van der Waals surface area contributed by atoms with E-state index in [2.05, 4.69) is 30.9 Å². The monoisotopic (exact) mass is 267 g/mol. The van der Waals surface area contributed by atoms with Gasteiger partial charge in [-0.05, 0) is 42.5 Å². The van der Waals surface area contributed by atoms with Crippen molar-refractivity contribution in [2.45, 2.75) is 26.7 Å². The van der Waals surface area contributed by atoms with Gasteiger partial charge in [0.1, 0.15) is 0 Å². The van der Waals surface area contributed by atoms with Crippen LogP contribution in [0.5, 0.6) is 0 Å². The molecule has 1 heterocycles. The van der Waals surface area contributed by atoms with Gasteiger partial charge in [0.15, 0.2) is 0 Å². The van der Waals surface area contributed by atoms with Crippen LogP contribution in [0.3, 0.4) is 0 Å². The summed E-state index contributed by atoms with van der Waals surface area (Å²) in [5.74, 6) is 0. The van der Waals surface area contributed by atoms with E-state index in [9.17, 15) is 0 Å². The highest BCUT2D eigenvalue weighted by Crippen LogP contribution is 2.23. The van der Waals surface area contributed by atoms with Crippen LogP contribution in [-0.4, -0.2) is 37.7 Å². The van der Waals surface area contributed by atoms with Gasteiger partial charge in [0.05, 0.1) is 13.2 Å². The Labute approximate surface area is 115 Å². The first-order chi connectivity index (χ1) is 8.70. The number of hydrogen-bond acceptors (Lipinski definition) is 2. The van der Waals surface area contributed by atoms with Gasteiger partial charge < -0.3 is 4.74 Å². The summed E-state index contributed by atoms with van der Waals surface area (Å²) in [6.07, 6.45) is 2.08. The first kappa shape index (κ1) is 13.9. The Morgan fingerprint density at radius 2 is 2.00 bits per heavy atom. The molecule has 3 heteroatoms. The van der Waals surface area contributed by atoms with E-state index >= 15 is 0 Å². The van der Waals surface area contributed by atoms with Crippen LogP contribution in [0.4, 0.5) is 0 Å². The summed E-state index contributed by atoms with van der Waals surface area (Å²) in [4.78, 5) is 2.46. The molecule has 1 aliphatic rings. The Kier molecular flexibility index (Phi) is 5.04. The number of rotatable bonds is 4. The Hall–Kier alpha value is -0.570. The Morgan fingerprint density at radius 3 is 2.61 bits per heavy atom. The molecule has 1 saturated heterocycles. The lowest BCUT2D eigenvalue weighted by atomic mass is 10.0. The van der Waals surface area contributed by atoms with E-state index in [1.54, 1.807) is 0 Å². The summed E-state index contributed by atoms with van der Waals surface area (Å²) in [6, 6.07) is 4.42. The summed E-state index contributed by atoms with van der Waals surface area (Å²) < 4.78 is 5.36. The molecule has 1 aromatic rings. The maximum Gasteiger partial charge on any atom is 0.0594 e. The fraction of sp³-hybridized carbons (Fsp3) is 0.600. The average Bonchev–Trinajstić information content (AvgIpc) is 2.37. The van der Waals surface area contributed by atoms with Gasteiger partial charge in [-0.15, -0.1) is 0 Å². The zero-order valence-electron chi connectivity index (χ0n) is 11.3. The molecule has 0 aromatic heterocycles. The maximum atomic E-state index is 6.32. The zero-order valence-corrected chi connectivity index (χ0v) is 12.1. The first-order valence-electron chi connectivity index (χ1n) is 6.78. The summed E-state index contributed by atoms with van der Waals surface area (Å²) in [7, 11) is 0. The largest absolute Gasteiger partial charge is 0.379 e. The quantitative estimate of drug-likeness (QED) is 0.831. The topological polar surface area (TPSA) is 12.5 Å². The van der Waals surface area contributed by atoms with Crippen molar-refractivity contribution in [1.29, 1.82) is 0 Å². The Balaban J connectivity index is 1.96. The molecule has 100 valence electrons. The number of aryl methyl sites for hydroxylation is 1. The van der Waals surface area contributed by atoms with Crippen molar-refractivity contribution in [1.82, 2.24) is 4.90 Å². The van der Waals surface area contributed by atoms with Gasteiger partial charge in [-0.3, -0.25) is 4.90 Å². The number of ether oxygens (including phenoxy) is 1. The van der Waals surface area contributed by atoms with E-state index in [0.29, 0.717) is 0 Å². The van der Waals surface area contributed by atoms with Crippen LogP contribution in [-0.2, 0) is 17.6 Å². The standard InChI is InChI=1S/C15H22ClNO/c1-3-14-12(2)10-13(11-15(14)16)4-5-17-6-8-18-9-7-17/h10-11H,3-9H2,1-2H3. The van der Waals surface area contributed by atoms with Gasteiger partial charge in [-0.25, -0.2) is 0 Å². The molecular formula is C15H22ClNO. The van der Waals surface area contributed by atoms with Crippen molar-refractivity contribution in [3.63, 3.8) is 0 Å². The van der Waals surface area contributed by atoms with Crippen LogP contribution >= 0.6 is 11.6 Å². The fourth-order valence-electron chi connectivity index (χ4n) is 2.55. The summed E-state index contributed by atoms with van der Waals surface area (Å²) in [5.41, 5.74) is 3.95. The highest BCUT2D eigenvalue weighted by molar-refractivity contribution is 6.31. The van der Waals surface area contributed by atoms with E-state index < -0.39 is 0 Å². The number of halogens is 1. The second-order valence-electron chi connectivity index (χ2n) is 4.93. The van der Waals surface area contributed by atoms with E-state index in [4.69, 9.17) is 16.3 Å². The van der Waals surface area contributed by atoms with Crippen LogP contribution in [0.1, 0.15) is 23.6 Å². The fourth-order valence-corrected chi connectivity index (χ4v) is 2.97. The van der Waals surface area contributed by atoms with Crippen molar-refractivity contribution < 1.29 is 4.74 Å². The summed E-state index contributed by atoms with van der Waals surface area (Å²) in [5, 5.41) is 0.925. The van der Waals surface area contributed by atoms with Crippen LogP contribution in [0, 0.1) is 6.92 Å². The van der Waals surface area contributed by atoms with Crippen LogP contribution in [0.25, 0.3) is 0 Å². The van der Waals surface area contributed by atoms with Crippen molar-refractivity contribution >= 4 is 11.6 Å². The van der Waals surface area contributed by atoms with E-state index in [1.807, 2.05) is 0 Å². The molecule has 0 saturated carbocycles. The molecular weight excluding hydrogens is 246 g/mol. The normalized spacial score (nSPS) is 17.1. The molecule has 0 unspecified atom stereocenters. The second-order valence-corrected chi connectivity index (χ2v) is 5.34. The maximum absolute atomic E-state index is 6.32. The van der Waals surface area contributed by atoms with Gasteiger partial charge in [0, 0.05) is 24.7 Å². The van der Waals surface area contributed by atoms with Gasteiger partial charge in [-0.1, -0.05) is 24.6 Å². The predicted molar refractivity (Wildman–Crippen MR) is 76.5 cm³/mol. The zero-order chi connectivity index (χ0) is 13.0. The lowest BCUT2D eigenvalue weighted by molar-refractivity contribution is 0.0384. The van der Waals surface area contributed by atoms with Crippen molar-refractivity contribution in [2.24, 2.45) is 0 Å². The molecule has 18 heavy (non-hydrogen) atoms. The Morgan fingerprint density at radius 1 is 1.28 bits per heavy atom. The first-order valence-corrected chi connectivity index (χ1v) is 7.16. The molecule has 0 radical (unpaired) electrons. The molecule has 0 N–H and O–H groups in total. The molecule has 1 aromatic carbocycles. The van der Waals surface area contributed by atoms with E-state index in [0.717, 1.165) is 50.7 Å². The molecule has 2 rings (SSSR count). The molecule has 0 bridgehead atoms. The highest BCUT2D eigenvalue weighted by Gasteiger charge is 2.11. The summed E-state index contributed by atoms with van der Waals surface area (Å²) in [6.45, 7) is 9.26. The van der Waals surface area contributed by atoms with E-state index in [1.165, 1.54) is 16.7 Å². The van der Waals surface area contributed by atoms with Gasteiger partial charge in [0.25, 0.3) is 0 Å². The lowest BCUT2D eigenvalue weighted by Gasteiger charge is -2.26. The molecule has 0 atom stereocenters. The highest BCUT2D eigenvalue weighted by atomic mass is 35.5. The SMILES string of the molecule is CCc1c(C)cc(CCN2CCOCC2)cc1Cl. The average molecular weight is 268 g/mol. The molecule has 0 aliphatic carbocycles. The third-order valence-corrected chi connectivity index (χ3v) is 3.99. The molecule has 2 nitrogen and oxygen atoms in total. The molecule has 1 aliphatic heterocycles. The van der Waals surface area contributed by atoms with Crippen LogP contribution in [0.2, 0.25) is 5.02 Å². The Bertz CT molecular complexity index is 376. The predicted octanol–water partition coefficient (Wildman–Crippen LogP) is 3.09. The minimum absolute atomic E-state index is 0.870.